The number of allylic oxidation sites excluding steroid dienone is 1. The molecule has 2 aromatic rings. The number of aliphatic hydroxyl groups is 1. The van der Waals surface area contributed by atoms with Gasteiger partial charge in [-0.25, -0.2) is 4.99 Å². The van der Waals surface area contributed by atoms with Gasteiger partial charge in [-0.05, 0) is 84.6 Å². The summed E-state index contributed by atoms with van der Waals surface area (Å²) in [5.74, 6) is 0.726. The van der Waals surface area contributed by atoms with E-state index in [1.165, 1.54) is 17.6 Å². The topological polar surface area (TPSA) is 56.7 Å². The highest BCUT2D eigenvalue weighted by atomic mass is 16.3. The second-order valence-electron chi connectivity index (χ2n) is 13.3. The van der Waals surface area contributed by atoms with Crippen molar-refractivity contribution < 1.29 is 5.11 Å². The molecule has 0 spiro atoms. The van der Waals surface area contributed by atoms with Crippen molar-refractivity contribution in [1.82, 2.24) is 0 Å². The van der Waals surface area contributed by atoms with Gasteiger partial charge in [0, 0.05) is 11.4 Å². The minimum Gasteiger partial charge on any atom is -0.385 e. The van der Waals surface area contributed by atoms with Crippen LogP contribution in [0.1, 0.15) is 73.1 Å². The quantitative estimate of drug-likeness (QED) is 0.248. The Hall–Kier alpha value is -2.59. The van der Waals surface area contributed by atoms with E-state index in [1.54, 1.807) is 0 Å². The smallest absolute Gasteiger partial charge is 0.200 e. The number of guanidine groups is 1. The Kier molecular flexibility index (Phi) is 5.87. The van der Waals surface area contributed by atoms with Crippen molar-refractivity contribution in [3.63, 3.8) is 0 Å². The molecule has 2 bridgehead atoms. The molecule has 3 aliphatic carbocycles. The highest BCUT2D eigenvalue weighted by molar-refractivity contribution is 6.03. The molecular weight excluding hydrogens is 430 g/mol. The number of hydrogen-bond donors (Lipinski definition) is 3. The standard InChI is InChI=1S/C31H41N3O/c1-28(2)16-22-17-30(5)19-29(3,4)20-31(35,21-30)26(22)25(18-28)34-27(32-23-12-8-6-9-13-23)33-24-14-10-7-11-15-24/h6-15,25,35H,16-21H2,1-5H3,(H2,32,33,34)/t25-,30-,31-/m0/s1. The second-order valence-corrected chi connectivity index (χ2v) is 13.3. The van der Waals surface area contributed by atoms with Crippen LogP contribution in [0.15, 0.2) is 76.8 Å². The van der Waals surface area contributed by atoms with Gasteiger partial charge in [-0.3, -0.25) is 0 Å². The van der Waals surface area contributed by atoms with Gasteiger partial charge in [-0.1, -0.05) is 76.6 Å². The van der Waals surface area contributed by atoms with Crippen LogP contribution in [0.3, 0.4) is 0 Å². The zero-order chi connectivity index (χ0) is 24.9. The molecule has 1 fully saturated rings. The summed E-state index contributed by atoms with van der Waals surface area (Å²) in [4.78, 5) is 5.35. The number of para-hydroxylation sites is 2. The third kappa shape index (κ3) is 5.18. The van der Waals surface area contributed by atoms with Crippen molar-refractivity contribution in [3.8, 4) is 0 Å². The average molecular weight is 472 g/mol. The number of hydrogen-bond acceptors (Lipinski definition) is 2. The third-order valence-corrected chi connectivity index (χ3v) is 8.05. The number of aliphatic imine (C=N–C) groups is 1. The van der Waals surface area contributed by atoms with Gasteiger partial charge in [0.25, 0.3) is 0 Å². The number of nitrogens with zero attached hydrogens (tertiary/aromatic N) is 1. The van der Waals surface area contributed by atoms with E-state index in [4.69, 9.17) is 4.99 Å². The molecule has 3 aliphatic rings. The normalized spacial score (nSPS) is 30.7. The van der Waals surface area contributed by atoms with Crippen LogP contribution in [0, 0.1) is 16.2 Å². The van der Waals surface area contributed by atoms with Gasteiger partial charge in [-0.15, -0.1) is 0 Å². The molecule has 0 heterocycles. The second kappa shape index (κ2) is 8.51. The molecule has 1 saturated carbocycles. The molecule has 4 heteroatoms. The van der Waals surface area contributed by atoms with Gasteiger partial charge >= 0.3 is 0 Å². The first-order valence-corrected chi connectivity index (χ1v) is 13.1. The molecule has 3 atom stereocenters. The Morgan fingerprint density at radius 3 is 1.91 bits per heavy atom. The van der Waals surface area contributed by atoms with Crippen molar-refractivity contribution in [2.24, 2.45) is 21.2 Å². The first-order chi connectivity index (χ1) is 16.4. The SMILES string of the molecule is CC1(C)CC2=C([C@@H](N=C(Nc3ccccc3)Nc3ccccc3)C1)[C@]1(O)CC(C)(C)C[C@](C)(C2)C1. The maximum atomic E-state index is 12.3. The molecule has 0 aliphatic heterocycles. The van der Waals surface area contributed by atoms with Crippen LogP contribution in [0.4, 0.5) is 11.4 Å². The average Bonchev–Trinajstić information content (AvgIpc) is 2.71. The highest BCUT2D eigenvalue weighted by Gasteiger charge is 2.57. The van der Waals surface area contributed by atoms with Crippen LogP contribution in [-0.4, -0.2) is 22.7 Å². The summed E-state index contributed by atoms with van der Waals surface area (Å²) in [5, 5.41) is 19.3. The van der Waals surface area contributed by atoms with Crippen molar-refractivity contribution in [1.29, 1.82) is 0 Å². The molecule has 186 valence electrons. The molecule has 0 aromatic heterocycles. The third-order valence-electron chi connectivity index (χ3n) is 8.05. The Morgan fingerprint density at radius 1 is 0.771 bits per heavy atom. The number of benzene rings is 2. The summed E-state index contributed by atoms with van der Waals surface area (Å²) in [6.45, 7) is 11.8. The lowest BCUT2D eigenvalue weighted by atomic mass is 9.49. The van der Waals surface area contributed by atoms with E-state index in [-0.39, 0.29) is 22.3 Å². The van der Waals surface area contributed by atoms with E-state index in [1.807, 2.05) is 36.4 Å². The maximum Gasteiger partial charge on any atom is 0.200 e. The lowest BCUT2D eigenvalue weighted by Crippen LogP contribution is -2.55. The minimum atomic E-state index is -0.778. The summed E-state index contributed by atoms with van der Waals surface area (Å²) >= 11 is 0. The van der Waals surface area contributed by atoms with Crippen molar-refractivity contribution in [2.45, 2.75) is 84.8 Å². The molecule has 2 aromatic carbocycles. The Bertz CT molecular complexity index is 1090. The summed E-state index contributed by atoms with van der Waals surface area (Å²) in [5.41, 5.74) is 4.30. The first-order valence-electron chi connectivity index (χ1n) is 13.1. The van der Waals surface area contributed by atoms with E-state index in [0.717, 1.165) is 49.4 Å². The number of nitrogens with one attached hydrogen (secondary N) is 2. The number of fused-ring (bicyclic) bond motifs is 3. The molecule has 3 N–H and O–H groups in total. The summed E-state index contributed by atoms with van der Waals surface area (Å²) in [6.07, 6.45) is 5.90. The van der Waals surface area contributed by atoms with Crippen molar-refractivity contribution in [2.75, 3.05) is 10.6 Å². The number of anilines is 2. The molecule has 5 rings (SSSR count). The molecule has 4 nitrogen and oxygen atoms in total. The largest absolute Gasteiger partial charge is 0.385 e. The van der Waals surface area contributed by atoms with E-state index >= 15 is 0 Å². The molecule has 35 heavy (non-hydrogen) atoms. The monoisotopic (exact) mass is 471 g/mol. The van der Waals surface area contributed by atoms with E-state index in [9.17, 15) is 5.11 Å². The highest BCUT2D eigenvalue weighted by Crippen LogP contribution is 2.62. The van der Waals surface area contributed by atoms with E-state index in [2.05, 4.69) is 69.5 Å². The zero-order valence-electron chi connectivity index (χ0n) is 22.0. The summed E-state index contributed by atoms with van der Waals surface area (Å²) < 4.78 is 0. The summed E-state index contributed by atoms with van der Waals surface area (Å²) in [6, 6.07) is 20.3. The van der Waals surface area contributed by atoms with Gasteiger partial charge in [0.15, 0.2) is 0 Å². The van der Waals surface area contributed by atoms with Gasteiger partial charge in [0.1, 0.15) is 0 Å². The molecular formula is C31H41N3O. The maximum absolute atomic E-state index is 12.3. The van der Waals surface area contributed by atoms with Gasteiger partial charge in [0.05, 0.1) is 11.6 Å². The fourth-order valence-electron chi connectivity index (χ4n) is 7.75. The fourth-order valence-corrected chi connectivity index (χ4v) is 7.75. The van der Waals surface area contributed by atoms with Gasteiger partial charge < -0.3 is 15.7 Å². The zero-order valence-corrected chi connectivity index (χ0v) is 22.0. The molecule has 0 unspecified atom stereocenters. The Balaban J connectivity index is 1.58. The van der Waals surface area contributed by atoms with Crippen LogP contribution in [0.5, 0.6) is 0 Å². The van der Waals surface area contributed by atoms with E-state index in [0.29, 0.717) is 0 Å². The summed E-state index contributed by atoms with van der Waals surface area (Å²) in [7, 11) is 0. The van der Waals surface area contributed by atoms with Gasteiger partial charge in [-0.2, -0.15) is 0 Å². The lowest BCUT2D eigenvalue weighted by Gasteiger charge is -2.58. The number of rotatable bonds is 3. The van der Waals surface area contributed by atoms with Crippen molar-refractivity contribution >= 4 is 17.3 Å². The first kappa shape index (κ1) is 24.1. The van der Waals surface area contributed by atoms with Crippen LogP contribution in [-0.2, 0) is 0 Å². The predicted molar refractivity (Wildman–Crippen MR) is 147 cm³/mol. The molecule has 0 saturated heterocycles. The predicted octanol–water partition coefficient (Wildman–Crippen LogP) is 7.40. The Morgan fingerprint density at radius 2 is 1.34 bits per heavy atom. The minimum absolute atomic E-state index is 0.0559. The Labute approximate surface area is 211 Å². The lowest BCUT2D eigenvalue weighted by molar-refractivity contribution is -0.0847. The fraction of sp³-hybridized carbons (Fsp3) is 0.516. The van der Waals surface area contributed by atoms with Crippen LogP contribution in [0.2, 0.25) is 0 Å². The van der Waals surface area contributed by atoms with Crippen molar-refractivity contribution in [3.05, 3.63) is 71.8 Å². The molecule has 0 amide bonds. The van der Waals surface area contributed by atoms with E-state index < -0.39 is 5.60 Å². The van der Waals surface area contributed by atoms with Crippen LogP contribution < -0.4 is 10.6 Å². The van der Waals surface area contributed by atoms with Crippen LogP contribution >= 0.6 is 0 Å². The van der Waals surface area contributed by atoms with Gasteiger partial charge in [0.2, 0.25) is 5.96 Å². The molecule has 0 radical (unpaired) electrons. The van der Waals surface area contributed by atoms with Crippen LogP contribution in [0.25, 0.3) is 0 Å².